The van der Waals surface area contributed by atoms with Gasteiger partial charge in [-0.15, -0.1) is 0 Å². The Bertz CT molecular complexity index is 1430. The smallest absolute Gasteiger partial charge is 0.238 e. The highest BCUT2D eigenvalue weighted by Crippen LogP contribution is 2.32. The van der Waals surface area contributed by atoms with Crippen molar-refractivity contribution in [1.29, 1.82) is 0 Å². The van der Waals surface area contributed by atoms with E-state index in [0.29, 0.717) is 13.0 Å². The lowest BCUT2D eigenvalue weighted by Gasteiger charge is -2.17. The predicted octanol–water partition coefficient (Wildman–Crippen LogP) is 3.35. The van der Waals surface area contributed by atoms with Crippen molar-refractivity contribution in [3.63, 3.8) is 0 Å². The quantitative estimate of drug-likeness (QED) is 0.457. The molecule has 1 aliphatic rings. The summed E-state index contributed by atoms with van der Waals surface area (Å²) in [5, 5.41) is 5.98. The highest BCUT2D eigenvalue weighted by Gasteiger charge is 2.26. The van der Waals surface area contributed by atoms with Crippen LogP contribution in [0.15, 0.2) is 82.8 Å². The van der Waals surface area contributed by atoms with Crippen LogP contribution in [0.1, 0.15) is 5.56 Å². The van der Waals surface area contributed by atoms with Crippen LogP contribution in [0.5, 0.6) is 0 Å². The van der Waals surface area contributed by atoms with Crippen molar-refractivity contribution in [2.45, 2.75) is 16.5 Å². The van der Waals surface area contributed by atoms with E-state index in [-0.39, 0.29) is 16.6 Å². The van der Waals surface area contributed by atoms with Crippen LogP contribution in [0.3, 0.4) is 0 Å². The van der Waals surface area contributed by atoms with Gasteiger partial charge in [0.25, 0.3) is 0 Å². The molecule has 4 aromatic rings. The van der Waals surface area contributed by atoms with E-state index < -0.39 is 10.0 Å². The Morgan fingerprint density at radius 2 is 1.78 bits per heavy atom. The van der Waals surface area contributed by atoms with Crippen molar-refractivity contribution in [2.75, 3.05) is 17.2 Å². The normalized spacial score (nSPS) is 13.5. The topological polar surface area (TPSA) is 98.3 Å². The molecule has 0 unspecified atom stereocenters. The Balaban J connectivity index is 1.40. The Morgan fingerprint density at radius 1 is 1.03 bits per heavy atom. The van der Waals surface area contributed by atoms with Crippen molar-refractivity contribution in [3.8, 4) is 5.69 Å². The number of amides is 1. The number of nitrogens with two attached hydrogens (primary N) is 1. The molecule has 0 fully saturated rings. The molecule has 2 heterocycles. The molecule has 0 radical (unpaired) electrons. The van der Waals surface area contributed by atoms with Gasteiger partial charge in [0.15, 0.2) is 5.16 Å². The summed E-state index contributed by atoms with van der Waals surface area (Å²) in [6.45, 7) is 0.512. The molecule has 5 rings (SSSR count). The van der Waals surface area contributed by atoms with Gasteiger partial charge in [0.05, 0.1) is 21.7 Å². The number of nitrogens with zero attached hydrogens (tertiary/aromatic N) is 3. The second-order valence-electron chi connectivity index (χ2n) is 7.47. The Morgan fingerprint density at radius 3 is 2.56 bits per heavy atom. The summed E-state index contributed by atoms with van der Waals surface area (Å²) in [5.74, 6) is 0.163. The molecule has 3 aromatic carbocycles. The lowest BCUT2D eigenvalue weighted by molar-refractivity contribution is -0.116. The van der Waals surface area contributed by atoms with Crippen LogP contribution >= 0.6 is 11.8 Å². The summed E-state index contributed by atoms with van der Waals surface area (Å²) in [7, 11) is -3.77. The first-order chi connectivity index (χ1) is 15.4. The Kier molecular flexibility index (Phi) is 5.24. The van der Waals surface area contributed by atoms with Gasteiger partial charge in [-0.25, -0.2) is 18.5 Å². The minimum atomic E-state index is -3.77. The minimum absolute atomic E-state index is 0.0521. The average Bonchev–Trinajstić information content (AvgIpc) is 3.38. The number of thioether (sulfide) groups is 1. The zero-order valence-corrected chi connectivity index (χ0v) is 18.6. The molecular formula is C23H20N4O3S2. The third kappa shape index (κ3) is 3.79. The number of benzene rings is 3. The third-order valence-corrected chi connectivity index (χ3v) is 7.28. The maximum Gasteiger partial charge on any atom is 0.238 e. The second-order valence-corrected chi connectivity index (χ2v) is 9.98. The van der Waals surface area contributed by atoms with Crippen LogP contribution < -0.4 is 10.0 Å². The molecule has 1 amide bonds. The van der Waals surface area contributed by atoms with E-state index in [9.17, 15) is 13.2 Å². The van der Waals surface area contributed by atoms with E-state index in [1.54, 1.807) is 17.0 Å². The first-order valence-corrected chi connectivity index (χ1v) is 12.6. The molecule has 0 saturated carbocycles. The van der Waals surface area contributed by atoms with Crippen LogP contribution in [-0.2, 0) is 21.2 Å². The Hall–Kier alpha value is -3.14. The van der Waals surface area contributed by atoms with Gasteiger partial charge in [0, 0.05) is 17.9 Å². The van der Waals surface area contributed by atoms with E-state index in [1.807, 2.05) is 54.6 Å². The summed E-state index contributed by atoms with van der Waals surface area (Å²) in [6.07, 6.45) is 0.595. The largest absolute Gasteiger partial charge is 0.311 e. The van der Waals surface area contributed by atoms with E-state index in [2.05, 4.69) is 4.57 Å². The fourth-order valence-electron chi connectivity index (χ4n) is 3.95. The number of rotatable bonds is 5. The van der Waals surface area contributed by atoms with Crippen molar-refractivity contribution in [3.05, 3.63) is 78.4 Å². The van der Waals surface area contributed by atoms with Gasteiger partial charge in [-0.3, -0.25) is 9.36 Å². The van der Waals surface area contributed by atoms with E-state index in [0.717, 1.165) is 33.1 Å². The monoisotopic (exact) mass is 464 g/mol. The van der Waals surface area contributed by atoms with Crippen molar-refractivity contribution in [1.82, 2.24) is 9.55 Å². The summed E-state index contributed by atoms with van der Waals surface area (Å²) in [5.41, 5.74) is 4.38. The minimum Gasteiger partial charge on any atom is -0.311 e. The van der Waals surface area contributed by atoms with Crippen LogP contribution in [0.4, 0.5) is 5.69 Å². The molecule has 0 saturated heterocycles. The van der Waals surface area contributed by atoms with Crippen LogP contribution in [0, 0.1) is 0 Å². The number of hydrogen-bond donors (Lipinski definition) is 1. The average molecular weight is 465 g/mol. The van der Waals surface area contributed by atoms with Gasteiger partial charge < -0.3 is 4.90 Å². The van der Waals surface area contributed by atoms with Crippen molar-refractivity contribution >= 4 is 44.4 Å². The summed E-state index contributed by atoms with van der Waals surface area (Å²) in [6, 6.07) is 22.5. The van der Waals surface area contributed by atoms with Crippen LogP contribution in [-0.4, -0.2) is 36.2 Å². The highest BCUT2D eigenvalue weighted by atomic mass is 32.2. The fourth-order valence-corrected chi connectivity index (χ4v) is 5.41. The SMILES string of the molecule is NS(=O)(=O)c1ccc2c(c1)CCN2C(=O)CSc1nc2ccccc2n1-c1ccccc1. The second kappa shape index (κ2) is 8.09. The zero-order chi connectivity index (χ0) is 22.3. The number of carbonyl (C=O) groups is 1. The molecule has 2 N–H and O–H groups in total. The molecule has 0 bridgehead atoms. The number of imidazole rings is 1. The van der Waals surface area contributed by atoms with Gasteiger partial charge in [-0.2, -0.15) is 0 Å². The zero-order valence-electron chi connectivity index (χ0n) is 17.0. The first-order valence-electron chi connectivity index (χ1n) is 10.0. The molecule has 0 spiro atoms. The number of para-hydroxylation sites is 3. The standard InChI is InChI=1S/C23H20N4O3S2/c24-32(29,30)18-10-11-20-16(14-18)12-13-26(20)22(28)15-31-23-25-19-8-4-5-9-21(19)27(23)17-6-2-1-3-7-17/h1-11,14H,12-13,15H2,(H2,24,29,30). The highest BCUT2D eigenvalue weighted by molar-refractivity contribution is 7.99. The first kappa shape index (κ1) is 20.7. The van der Waals surface area contributed by atoms with E-state index in [1.165, 1.54) is 17.8 Å². The van der Waals surface area contributed by atoms with Crippen molar-refractivity contribution in [2.24, 2.45) is 5.14 Å². The molecule has 1 aromatic heterocycles. The molecule has 162 valence electrons. The molecule has 9 heteroatoms. The number of fused-ring (bicyclic) bond motifs is 2. The number of primary sulfonamides is 1. The maximum atomic E-state index is 13.1. The summed E-state index contributed by atoms with van der Waals surface area (Å²) >= 11 is 1.39. The summed E-state index contributed by atoms with van der Waals surface area (Å²) in [4.78, 5) is 19.6. The van der Waals surface area contributed by atoms with Crippen LogP contribution in [0.2, 0.25) is 0 Å². The number of anilines is 1. The van der Waals surface area contributed by atoms with E-state index in [4.69, 9.17) is 10.1 Å². The predicted molar refractivity (Wildman–Crippen MR) is 126 cm³/mol. The van der Waals surface area contributed by atoms with Crippen LogP contribution in [0.25, 0.3) is 16.7 Å². The number of hydrogen-bond acceptors (Lipinski definition) is 5. The van der Waals surface area contributed by atoms with Crippen molar-refractivity contribution < 1.29 is 13.2 Å². The van der Waals surface area contributed by atoms with Gasteiger partial charge >= 0.3 is 0 Å². The molecule has 7 nitrogen and oxygen atoms in total. The lowest BCUT2D eigenvalue weighted by Crippen LogP contribution is -2.30. The number of sulfonamides is 1. The molecular weight excluding hydrogens is 444 g/mol. The lowest BCUT2D eigenvalue weighted by atomic mass is 10.2. The molecule has 1 aliphatic heterocycles. The molecule has 0 aliphatic carbocycles. The van der Waals surface area contributed by atoms with Gasteiger partial charge in [0.1, 0.15) is 0 Å². The summed E-state index contributed by atoms with van der Waals surface area (Å²) < 4.78 is 25.3. The maximum absolute atomic E-state index is 13.1. The number of carbonyl (C=O) groups excluding carboxylic acids is 1. The van der Waals surface area contributed by atoms with Gasteiger partial charge in [0.2, 0.25) is 15.9 Å². The third-order valence-electron chi connectivity index (χ3n) is 5.45. The number of aromatic nitrogens is 2. The van der Waals surface area contributed by atoms with Gasteiger partial charge in [-0.05, 0) is 54.4 Å². The van der Waals surface area contributed by atoms with Gasteiger partial charge in [-0.1, -0.05) is 42.1 Å². The molecule has 32 heavy (non-hydrogen) atoms. The molecule has 0 atom stereocenters. The fraction of sp³-hybridized carbons (Fsp3) is 0.130. The Labute approximate surface area is 189 Å². The van der Waals surface area contributed by atoms with E-state index >= 15 is 0 Å².